The van der Waals surface area contributed by atoms with Gasteiger partial charge in [0, 0.05) is 22.7 Å². The summed E-state index contributed by atoms with van der Waals surface area (Å²) in [5.74, 6) is -1.61. The highest BCUT2D eigenvalue weighted by Crippen LogP contribution is 2.18. The number of nitrogens with one attached hydrogen (secondary N) is 3. The molecule has 0 saturated heterocycles. The van der Waals surface area contributed by atoms with E-state index in [-0.39, 0.29) is 6.42 Å². The Balaban J connectivity index is 1.50. The Morgan fingerprint density at radius 1 is 1.00 bits per heavy atom. The molecule has 27 heavy (non-hydrogen) atoms. The van der Waals surface area contributed by atoms with Crippen molar-refractivity contribution in [2.24, 2.45) is 0 Å². The van der Waals surface area contributed by atoms with E-state index in [9.17, 15) is 14.4 Å². The molecule has 1 atom stereocenters. The van der Waals surface area contributed by atoms with Gasteiger partial charge in [0.25, 0.3) is 11.8 Å². The molecule has 0 aliphatic carbocycles. The average Bonchev–Trinajstić information content (AvgIpc) is 3.09. The second-order valence-corrected chi connectivity index (χ2v) is 5.98. The lowest BCUT2D eigenvalue weighted by atomic mass is 10.1. The smallest absolute Gasteiger partial charge is 0.311 e. The summed E-state index contributed by atoms with van der Waals surface area (Å²) in [5.41, 5.74) is 6.66. The van der Waals surface area contributed by atoms with Crippen LogP contribution in [0, 0.1) is 0 Å². The zero-order valence-corrected chi connectivity index (χ0v) is 14.7. The molecule has 0 spiro atoms. The van der Waals surface area contributed by atoms with Crippen LogP contribution in [0.2, 0.25) is 0 Å². The van der Waals surface area contributed by atoms with Gasteiger partial charge in [0.2, 0.25) is 0 Å². The maximum atomic E-state index is 12.1. The number of rotatable bonds is 5. The van der Waals surface area contributed by atoms with Crippen LogP contribution in [0.1, 0.15) is 22.8 Å². The summed E-state index contributed by atoms with van der Waals surface area (Å²) in [6, 6.07) is 16.0. The van der Waals surface area contributed by atoms with Crippen molar-refractivity contribution in [1.29, 1.82) is 0 Å². The summed E-state index contributed by atoms with van der Waals surface area (Å²) in [5, 5.41) is 0.932. The third kappa shape index (κ3) is 4.52. The Kier molecular flexibility index (Phi) is 5.51. The van der Waals surface area contributed by atoms with Crippen molar-refractivity contribution in [3.8, 4) is 0 Å². The molecule has 3 aromatic rings. The van der Waals surface area contributed by atoms with Crippen molar-refractivity contribution in [1.82, 2.24) is 15.8 Å². The molecule has 2 aromatic carbocycles. The number of fused-ring (bicyclic) bond motifs is 1. The van der Waals surface area contributed by atoms with Gasteiger partial charge in [-0.05, 0) is 30.7 Å². The van der Waals surface area contributed by atoms with Gasteiger partial charge in [0.1, 0.15) is 0 Å². The van der Waals surface area contributed by atoms with E-state index >= 15 is 0 Å². The summed E-state index contributed by atoms with van der Waals surface area (Å²) in [6.07, 6.45) is 0.744. The van der Waals surface area contributed by atoms with Gasteiger partial charge in [-0.15, -0.1) is 0 Å². The van der Waals surface area contributed by atoms with Gasteiger partial charge in [0.15, 0.2) is 6.10 Å². The van der Waals surface area contributed by atoms with Crippen molar-refractivity contribution < 1.29 is 19.1 Å². The van der Waals surface area contributed by atoms with Crippen molar-refractivity contribution >= 4 is 28.7 Å². The van der Waals surface area contributed by atoms with Gasteiger partial charge in [-0.25, -0.2) is 0 Å². The van der Waals surface area contributed by atoms with Crippen LogP contribution in [0.4, 0.5) is 0 Å². The van der Waals surface area contributed by atoms with Crippen LogP contribution in [0.15, 0.2) is 60.8 Å². The topological polar surface area (TPSA) is 100 Å². The highest BCUT2D eigenvalue weighted by Gasteiger charge is 2.19. The number of aromatic nitrogens is 1. The van der Waals surface area contributed by atoms with Crippen LogP contribution < -0.4 is 10.9 Å². The predicted octanol–water partition coefficient (Wildman–Crippen LogP) is 2.10. The average molecular weight is 365 g/mol. The zero-order chi connectivity index (χ0) is 19.2. The molecule has 0 saturated carbocycles. The second-order valence-electron chi connectivity index (χ2n) is 5.98. The fraction of sp³-hybridized carbons (Fsp3) is 0.150. The monoisotopic (exact) mass is 365 g/mol. The van der Waals surface area contributed by atoms with Crippen LogP contribution in [0.3, 0.4) is 0 Å². The molecule has 0 unspecified atom stereocenters. The Morgan fingerprint density at radius 2 is 1.70 bits per heavy atom. The molecule has 0 aliphatic heterocycles. The number of para-hydroxylation sites is 1. The number of ether oxygens (including phenoxy) is 1. The summed E-state index contributed by atoms with van der Waals surface area (Å²) in [7, 11) is 0. The number of carbonyl (C=O) groups excluding carboxylic acids is 3. The Labute approximate surface area is 155 Å². The van der Waals surface area contributed by atoms with E-state index in [1.54, 1.807) is 36.5 Å². The third-order valence-electron chi connectivity index (χ3n) is 4.02. The van der Waals surface area contributed by atoms with Crippen LogP contribution in [0.25, 0.3) is 10.9 Å². The molecule has 3 rings (SSSR count). The maximum Gasteiger partial charge on any atom is 0.311 e. The summed E-state index contributed by atoms with van der Waals surface area (Å²) in [6.45, 7) is 1.44. The molecule has 7 nitrogen and oxygen atoms in total. The van der Waals surface area contributed by atoms with Crippen molar-refractivity contribution in [3.05, 3.63) is 71.9 Å². The van der Waals surface area contributed by atoms with Crippen molar-refractivity contribution in [2.75, 3.05) is 0 Å². The number of hydrogen-bond acceptors (Lipinski definition) is 4. The summed E-state index contributed by atoms with van der Waals surface area (Å²) < 4.78 is 5.16. The lowest BCUT2D eigenvalue weighted by Crippen LogP contribution is -2.46. The summed E-state index contributed by atoms with van der Waals surface area (Å²) >= 11 is 0. The molecule has 0 aliphatic rings. The molecule has 0 radical (unpaired) electrons. The third-order valence-corrected chi connectivity index (χ3v) is 4.02. The minimum Gasteiger partial charge on any atom is -0.452 e. The molecular weight excluding hydrogens is 346 g/mol. The Bertz CT molecular complexity index is 966. The van der Waals surface area contributed by atoms with Crippen LogP contribution in [-0.4, -0.2) is 28.9 Å². The molecular formula is C20H19N3O4. The number of aromatic amines is 1. The van der Waals surface area contributed by atoms with E-state index in [1.165, 1.54) is 6.92 Å². The number of H-pyrrole nitrogens is 1. The van der Waals surface area contributed by atoms with Gasteiger partial charge < -0.3 is 9.72 Å². The van der Waals surface area contributed by atoms with Gasteiger partial charge in [-0.2, -0.15) is 0 Å². The standard InChI is InChI=1S/C20H19N3O4/c1-13(19(25)22-23-20(26)14-7-3-2-4-8-14)27-18(24)11-15-12-21-17-10-6-5-9-16(15)17/h2-10,12-13,21H,11H2,1H3,(H,22,25)(H,23,26)/t13-/m0/s1. The van der Waals surface area contributed by atoms with Gasteiger partial charge in [0.05, 0.1) is 6.42 Å². The molecule has 0 fully saturated rings. The Morgan fingerprint density at radius 3 is 2.48 bits per heavy atom. The number of hydrogen-bond donors (Lipinski definition) is 3. The van der Waals surface area contributed by atoms with E-state index < -0.39 is 23.9 Å². The van der Waals surface area contributed by atoms with E-state index in [0.717, 1.165) is 16.5 Å². The highest BCUT2D eigenvalue weighted by molar-refractivity contribution is 5.96. The Hall–Kier alpha value is -3.61. The first-order valence-corrected chi connectivity index (χ1v) is 8.44. The fourth-order valence-corrected chi connectivity index (χ4v) is 2.61. The SMILES string of the molecule is C[C@H](OC(=O)Cc1c[nH]c2ccccc12)C(=O)NNC(=O)c1ccccc1. The van der Waals surface area contributed by atoms with Crippen LogP contribution >= 0.6 is 0 Å². The zero-order valence-electron chi connectivity index (χ0n) is 14.7. The molecule has 1 heterocycles. The van der Waals surface area contributed by atoms with Crippen LogP contribution in [-0.2, 0) is 20.7 Å². The molecule has 138 valence electrons. The van der Waals surface area contributed by atoms with E-state index in [4.69, 9.17) is 4.74 Å². The highest BCUT2D eigenvalue weighted by atomic mass is 16.5. The van der Waals surface area contributed by atoms with Crippen LogP contribution in [0.5, 0.6) is 0 Å². The number of amides is 2. The fourth-order valence-electron chi connectivity index (χ4n) is 2.61. The molecule has 1 aromatic heterocycles. The van der Waals surface area contributed by atoms with Crippen molar-refractivity contribution in [2.45, 2.75) is 19.4 Å². The first-order chi connectivity index (χ1) is 13.0. The maximum absolute atomic E-state index is 12.1. The first-order valence-electron chi connectivity index (χ1n) is 8.44. The predicted molar refractivity (Wildman–Crippen MR) is 99.6 cm³/mol. The number of benzene rings is 2. The molecule has 2 amide bonds. The quantitative estimate of drug-likeness (QED) is 0.476. The first kappa shape index (κ1) is 18.2. The lowest BCUT2D eigenvalue weighted by Gasteiger charge is -2.14. The minimum absolute atomic E-state index is 0.0397. The van der Waals surface area contributed by atoms with Gasteiger partial charge in [-0.3, -0.25) is 25.2 Å². The number of carbonyl (C=O) groups is 3. The lowest BCUT2D eigenvalue weighted by molar-refractivity contribution is -0.154. The summed E-state index contributed by atoms with van der Waals surface area (Å²) in [4.78, 5) is 39.1. The second kappa shape index (κ2) is 8.18. The number of esters is 1. The van der Waals surface area contributed by atoms with Gasteiger partial charge in [-0.1, -0.05) is 36.4 Å². The van der Waals surface area contributed by atoms with Gasteiger partial charge >= 0.3 is 5.97 Å². The molecule has 0 bridgehead atoms. The van der Waals surface area contributed by atoms with E-state index in [2.05, 4.69) is 15.8 Å². The number of hydrazine groups is 1. The molecule has 7 heteroatoms. The van der Waals surface area contributed by atoms with E-state index in [0.29, 0.717) is 5.56 Å². The minimum atomic E-state index is -1.04. The largest absolute Gasteiger partial charge is 0.452 e. The van der Waals surface area contributed by atoms with E-state index in [1.807, 2.05) is 24.3 Å². The van der Waals surface area contributed by atoms with Crippen molar-refractivity contribution in [3.63, 3.8) is 0 Å². The molecule has 3 N–H and O–H groups in total. The normalized spacial score (nSPS) is 11.6.